The third kappa shape index (κ3) is 5.37. The van der Waals surface area contributed by atoms with Gasteiger partial charge in [-0.1, -0.05) is 42.5 Å². The zero-order chi connectivity index (χ0) is 27.1. The average molecular weight is 529 g/mol. The van der Waals surface area contributed by atoms with Gasteiger partial charge in [0.1, 0.15) is 12.2 Å². The Hall–Kier alpha value is -3.81. The molecule has 1 aromatic heterocycles. The van der Waals surface area contributed by atoms with Gasteiger partial charge in [-0.2, -0.15) is 5.10 Å². The maximum absolute atomic E-state index is 13.4. The fourth-order valence-electron chi connectivity index (χ4n) is 5.63. The summed E-state index contributed by atoms with van der Waals surface area (Å²) in [6.07, 6.45) is 3.05. The number of carbonyl (C=O) groups excluding carboxylic acids is 2. The SMILES string of the molecule is CC(C)(C)OC(=O)N1CCc2c3c(nn2-c2ccc(C4CC4)cc2)CCN(C(=O)OCc2ccccc2)C[C@@H]31. The highest BCUT2D eigenvalue weighted by molar-refractivity contribution is 5.71. The summed E-state index contributed by atoms with van der Waals surface area (Å²) < 4.78 is 13.5. The van der Waals surface area contributed by atoms with Gasteiger partial charge in [0, 0.05) is 38.0 Å². The van der Waals surface area contributed by atoms with Crippen molar-refractivity contribution < 1.29 is 19.1 Å². The quantitative estimate of drug-likeness (QED) is 0.429. The van der Waals surface area contributed by atoms with Gasteiger partial charge in [0.2, 0.25) is 0 Å². The van der Waals surface area contributed by atoms with Crippen molar-refractivity contribution in [3.8, 4) is 5.69 Å². The van der Waals surface area contributed by atoms with Crippen molar-refractivity contribution >= 4 is 12.2 Å². The Morgan fingerprint density at radius 2 is 1.69 bits per heavy atom. The molecule has 1 atom stereocenters. The summed E-state index contributed by atoms with van der Waals surface area (Å²) >= 11 is 0. The van der Waals surface area contributed by atoms with Crippen LogP contribution >= 0.6 is 0 Å². The zero-order valence-electron chi connectivity index (χ0n) is 22.9. The number of aromatic nitrogens is 2. The molecule has 3 aliphatic rings. The van der Waals surface area contributed by atoms with Gasteiger partial charge in [0.15, 0.2) is 0 Å². The number of hydrogen-bond acceptors (Lipinski definition) is 5. The van der Waals surface area contributed by atoms with Crippen LogP contribution in [0.5, 0.6) is 0 Å². The molecule has 3 aromatic rings. The van der Waals surface area contributed by atoms with Gasteiger partial charge in [0.05, 0.1) is 23.1 Å². The molecule has 204 valence electrons. The molecule has 0 bridgehead atoms. The minimum absolute atomic E-state index is 0.205. The fourth-order valence-corrected chi connectivity index (χ4v) is 5.63. The average Bonchev–Trinajstić information content (AvgIpc) is 3.72. The Labute approximate surface area is 229 Å². The molecule has 1 saturated carbocycles. The Morgan fingerprint density at radius 3 is 2.38 bits per heavy atom. The van der Waals surface area contributed by atoms with Gasteiger partial charge in [-0.15, -0.1) is 0 Å². The van der Waals surface area contributed by atoms with E-state index in [9.17, 15) is 9.59 Å². The lowest BCUT2D eigenvalue weighted by Crippen LogP contribution is -2.47. The second-order valence-electron chi connectivity index (χ2n) is 11.8. The lowest BCUT2D eigenvalue weighted by atomic mass is 9.96. The van der Waals surface area contributed by atoms with Crippen LogP contribution in [0.3, 0.4) is 0 Å². The van der Waals surface area contributed by atoms with Crippen LogP contribution in [0.15, 0.2) is 54.6 Å². The van der Waals surface area contributed by atoms with Gasteiger partial charge < -0.3 is 14.4 Å². The molecular weight excluding hydrogens is 492 g/mol. The first-order valence-electron chi connectivity index (χ1n) is 13.9. The molecule has 0 radical (unpaired) electrons. The molecule has 2 aliphatic heterocycles. The summed E-state index contributed by atoms with van der Waals surface area (Å²) in [4.78, 5) is 30.0. The normalized spacial score (nSPS) is 18.8. The van der Waals surface area contributed by atoms with Crippen LogP contribution in [0, 0.1) is 0 Å². The van der Waals surface area contributed by atoms with Crippen LogP contribution in [0.4, 0.5) is 9.59 Å². The van der Waals surface area contributed by atoms with Crippen LogP contribution in [-0.2, 0) is 28.9 Å². The number of hydrogen-bond donors (Lipinski definition) is 0. The molecule has 0 saturated heterocycles. The van der Waals surface area contributed by atoms with E-state index in [0.29, 0.717) is 38.4 Å². The van der Waals surface area contributed by atoms with Crippen LogP contribution in [-0.4, -0.2) is 57.0 Å². The van der Waals surface area contributed by atoms with Crippen LogP contribution in [0.2, 0.25) is 0 Å². The Kier molecular flexibility index (Phi) is 6.57. The van der Waals surface area contributed by atoms with E-state index in [1.54, 1.807) is 9.80 Å². The summed E-state index contributed by atoms with van der Waals surface area (Å²) in [7, 11) is 0. The topological polar surface area (TPSA) is 76.9 Å². The molecule has 3 heterocycles. The smallest absolute Gasteiger partial charge is 0.410 e. The highest BCUT2D eigenvalue weighted by Gasteiger charge is 2.41. The number of ether oxygens (including phenoxy) is 2. The fraction of sp³-hybridized carbons (Fsp3) is 0.452. The molecular formula is C31H36N4O4. The minimum Gasteiger partial charge on any atom is -0.445 e. The second kappa shape index (κ2) is 10.1. The van der Waals surface area contributed by atoms with Crippen molar-refractivity contribution in [1.82, 2.24) is 19.6 Å². The van der Waals surface area contributed by atoms with E-state index in [2.05, 4.69) is 24.3 Å². The Morgan fingerprint density at radius 1 is 0.949 bits per heavy atom. The van der Waals surface area contributed by atoms with Gasteiger partial charge in [0.25, 0.3) is 0 Å². The highest BCUT2D eigenvalue weighted by atomic mass is 16.6. The molecule has 0 spiro atoms. The molecule has 1 fully saturated rings. The standard InChI is InChI=1S/C31H36N4O4/c1-31(2,3)39-30(37)34-18-16-26-28-25(32-35(26)24-13-11-23(12-14-24)22-9-10-22)15-17-33(19-27(28)34)29(36)38-20-21-7-5-4-6-8-21/h4-8,11-14,22,27H,9-10,15-20H2,1-3H3/t27-/m0/s1. The van der Waals surface area contributed by atoms with Crippen molar-refractivity contribution in [3.05, 3.63) is 82.7 Å². The lowest BCUT2D eigenvalue weighted by molar-refractivity contribution is 0.00941. The van der Waals surface area contributed by atoms with Crippen LogP contribution in [0.25, 0.3) is 5.69 Å². The number of amides is 2. The maximum atomic E-state index is 13.4. The number of carbonyl (C=O) groups is 2. The maximum Gasteiger partial charge on any atom is 0.410 e. The monoisotopic (exact) mass is 528 g/mol. The third-order valence-electron chi connectivity index (χ3n) is 7.69. The van der Waals surface area contributed by atoms with Gasteiger partial charge in [-0.3, -0.25) is 4.90 Å². The second-order valence-corrected chi connectivity index (χ2v) is 11.8. The van der Waals surface area contributed by atoms with Gasteiger partial charge in [-0.05, 0) is 62.8 Å². The van der Waals surface area contributed by atoms with E-state index in [-0.39, 0.29) is 24.8 Å². The molecule has 1 aliphatic carbocycles. The minimum atomic E-state index is -0.618. The van der Waals surface area contributed by atoms with Crippen molar-refractivity contribution in [2.75, 3.05) is 19.6 Å². The number of rotatable bonds is 4. The lowest BCUT2D eigenvalue weighted by Gasteiger charge is -2.38. The first-order chi connectivity index (χ1) is 18.8. The molecule has 0 N–H and O–H groups in total. The molecule has 2 aromatic carbocycles. The molecule has 6 rings (SSSR count). The molecule has 2 amide bonds. The van der Waals surface area contributed by atoms with Crippen molar-refractivity contribution in [3.63, 3.8) is 0 Å². The van der Waals surface area contributed by atoms with E-state index < -0.39 is 5.60 Å². The summed E-state index contributed by atoms with van der Waals surface area (Å²) in [5.41, 5.74) is 5.81. The zero-order valence-corrected chi connectivity index (χ0v) is 22.9. The summed E-state index contributed by atoms with van der Waals surface area (Å²) in [6, 6.07) is 18.0. The van der Waals surface area contributed by atoms with E-state index >= 15 is 0 Å². The number of nitrogens with zero attached hydrogens (tertiary/aromatic N) is 4. The Balaban J connectivity index is 1.29. The van der Waals surface area contributed by atoms with Crippen molar-refractivity contribution in [2.24, 2.45) is 0 Å². The third-order valence-corrected chi connectivity index (χ3v) is 7.69. The van der Waals surface area contributed by atoms with E-state index in [0.717, 1.165) is 28.2 Å². The summed E-state index contributed by atoms with van der Waals surface area (Å²) in [5, 5.41) is 5.05. The van der Waals surface area contributed by atoms with Crippen molar-refractivity contribution in [1.29, 1.82) is 0 Å². The highest BCUT2D eigenvalue weighted by Crippen LogP contribution is 2.41. The van der Waals surface area contributed by atoms with E-state index in [1.165, 1.54) is 18.4 Å². The number of benzene rings is 2. The predicted molar refractivity (Wildman–Crippen MR) is 147 cm³/mol. The molecule has 39 heavy (non-hydrogen) atoms. The van der Waals surface area contributed by atoms with Gasteiger partial charge in [-0.25, -0.2) is 14.3 Å². The van der Waals surface area contributed by atoms with E-state index in [1.807, 2.05) is 55.8 Å². The summed E-state index contributed by atoms with van der Waals surface area (Å²) in [6.45, 7) is 7.11. The molecule has 8 nitrogen and oxygen atoms in total. The van der Waals surface area contributed by atoms with Crippen molar-refractivity contribution in [2.45, 2.75) is 70.6 Å². The largest absolute Gasteiger partial charge is 0.445 e. The predicted octanol–water partition coefficient (Wildman–Crippen LogP) is 5.78. The molecule has 0 unspecified atom stereocenters. The first-order valence-corrected chi connectivity index (χ1v) is 13.9. The molecule has 8 heteroatoms. The van der Waals surface area contributed by atoms with Crippen LogP contribution < -0.4 is 0 Å². The van der Waals surface area contributed by atoms with Crippen LogP contribution in [0.1, 0.15) is 73.7 Å². The van der Waals surface area contributed by atoms with E-state index in [4.69, 9.17) is 14.6 Å². The first kappa shape index (κ1) is 25.5. The Bertz CT molecular complexity index is 1360. The summed E-state index contributed by atoms with van der Waals surface area (Å²) in [5.74, 6) is 0.700. The van der Waals surface area contributed by atoms with Gasteiger partial charge >= 0.3 is 12.2 Å².